The van der Waals surface area contributed by atoms with Crippen LogP contribution in [-0.2, 0) is 0 Å². The van der Waals surface area contributed by atoms with E-state index >= 15 is 0 Å². The lowest BCUT2D eigenvalue weighted by Crippen LogP contribution is -2.32. The lowest BCUT2D eigenvalue weighted by atomic mass is 10.0. The van der Waals surface area contributed by atoms with E-state index in [1.807, 2.05) is 6.07 Å². The highest BCUT2D eigenvalue weighted by atomic mass is 16.4. The molecule has 0 aliphatic heterocycles. The molecule has 0 unspecified atom stereocenters. The van der Waals surface area contributed by atoms with Gasteiger partial charge in [0.25, 0.3) is 0 Å². The molecule has 3 N–H and O–H groups in total. The molecule has 19 heavy (non-hydrogen) atoms. The number of nitrogens with two attached hydrogens (primary N) is 1. The van der Waals surface area contributed by atoms with E-state index in [-0.39, 0.29) is 5.84 Å². The summed E-state index contributed by atoms with van der Waals surface area (Å²) in [6.07, 6.45) is 4.01. The Labute approximate surface area is 115 Å². The van der Waals surface area contributed by atoms with Crippen molar-refractivity contribution in [3.8, 4) is 0 Å². The Morgan fingerprint density at radius 3 is 2.63 bits per heavy atom. The van der Waals surface area contributed by atoms with Crippen molar-refractivity contribution in [1.29, 1.82) is 0 Å². The summed E-state index contributed by atoms with van der Waals surface area (Å²) in [6.45, 7) is 8.27. The molecule has 1 rings (SSSR count). The molecule has 0 radical (unpaired) electrons. The molecule has 0 bridgehead atoms. The van der Waals surface area contributed by atoms with Crippen LogP contribution < -0.4 is 10.6 Å². The second kappa shape index (κ2) is 7.61. The third-order valence-electron chi connectivity index (χ3n) is 3.48. The van der Waals surface area contributed by atoms with E-state index in [2.05, 4.69) is 35.8 Å². The normalized spacial score (nSPS) is 11.9. The van der Waals surface area contributed by atoms with Crippen LogP contribution in [0.4, 0.5) is 5.82 Å². The van der Waals surface area contributed by atoms with Crippen LogP contribution in [0, 0.1) is 5.92 Å². The fraction of sp³-hybridized carbons (Fsp3) is 0.571. The van der Waals surface area contributed by atoms with E-state index < -0.39 is 0 Å². The van der Waals surface area contributed by atoms with Gasteiger partial charge in [0.05, 0.1) is 5.56 Å². The van der Waals surface area contributed by atoms with Crippen molar-refractivity contribution in [3.05, 3.63) is 23.9 Å². The van der Waals surface area contributed by atoms with E-state index in [9.17, 15) is 0 Å². The standard InChI is InChI=1S/C14H24N4O/c1-4-11(5-2)10-18(6-3)14-12(13(15)17-19)8-7-9-16-14/h7-9,11,19H,4-6,10H2,1-3H3,(H2,15,17). The molecule has 5 nitrogen and oxygen atoms in total. The van der Waals surface area contributed by atoms with Crippen LogP contribution in [0.15, 0.2) is 23.5 Å². The molecule has 106 valence electrons. The molecule has 0 atom stereocenters. The number of hydrogen-bond donors (Lipinski definition) is 2. The van der Waals surface area contributed by atoms with E-state index in [4.69, 9.17) is 10.9 Å². The lowest BCUT2D eigenvalue weighted by Gasteiger charge is -2.27. The molecule has 0 aliphatic rings. The molecular weight excluding hydrogens is 240 g/mol. The highest BCUT2D eigenvalue weighted by Gasteiger charge is 2.16. The molecular formula is C14H24N4O. The summed E-state index contributed by atoms with van der Waals surface area (Å²) in [7, 11) is 0. The second-order valence-electron chi connectivity index (χ2n) is 4.58. The van der Waals surface area contributed by atoms with Gasteiger partial charge in [0.2, 0.25) is 0 Å². The van der Waals surface area contributed by atoms with Gasteiger partial charge in [-0.2, -0.15) is 0 Å². The zero-order valence-corrected chi connectivity index (χ0v) is 12.0. The van der Waals surface area contributed by atoms with Gasteiger partial charge in [-0.15, -0.1) is 0 Å². The van der Waals surface area contributed by atoms with E-state index in [0.717, 1.165) is 31.7 Å². The van der Waals surface area contributed by atoms with Gasteiger partial charge in [-0.05, 0) is 25.0 Å². The van der Waals surface area contributed by atoms with Crippen LogP contribution in [0.2, 0.25) is 0 Å². The number of pyridine rings is 1. The maximum Gasteiger partial charge on any atom is 0.173 e. The van der Waals surface area contributed by atoms with Crippen molar-refractivity contribution in [2.45, 2.75) is 33.6 Å². The Morgan fingerprint density at radius 1 is 1.42 bits per heavy atom. The van der Waals surface area contributed by atoms with E-state index in [0.29, 0.717) is 11.5 Å². The third kappa shape index (κ3) is 3.84. The Balaban J connectivity index is 3.04. The average molecular weight is 264 g/mol. The first-order chi connectivity index (χ1) is 9.17. The Hall–Kier alpha value is -1.78. The molecule has 0 amide bonds. The first kappa shape index (κ1) is 15.3. The summed E-state index contributed by atoms with van der Waals surface area (Å²) in [5.74, 6) is 1.51. The number of rotatable bonds is 7. The summed E-state index contributed by atoms with van der Waals surface area (Å²) in [5.41, 5.74) is 6.40. The number of anilines is 1. The molecule has 0 aliphatic carbocycles. The van der Waals surface area contributed by atoms with Gasteiger partial charge in [0.1, 0.15) is 5.82 Å². The molecule has 1 aromatic heterocycles. The predicted octanol–water partition coefficient (Wildman–Crippen LogP) is 2.44. The monoisotopic (exact) mass is 264 g/mol. The molecule has 0 aromatic carbocycles. The summed E-state index contributed by atoms with van der Waals surface area (Å²) in [6, 6.07) is 3.62. The predicted molar refractivity (Wildman–Crippen MR) is 78.7 cm³/mol. The van der Waals surface area contributed by atoms with Crippen molar-refractivity contribution in [1.82, 2.24) is 4.98 Å². The Morgan fingerprint density at radius 2 is 2.11 bits per heavy atom. The zero-order chi connectivity index (χ0) is 14.3. The quantitative estimate of drug-likeness (QED) is 0.343. The second-order valence-corrected chi connectivity index (χ2v) is 4.58. The molecule has 1 aromatic rings. The average Bonchev–Trinajstić information content (AvgIpc) is 2.48. The van der Waals surface area contributed by atoms with Gasteiger partial charge in [0.15, 0.2) is 5.84 Å². The van der Waals surface area contributed by atoms with Crippen LogP contribution in [0.5, 0.6) is 0 Å². The lowest BCUT2D eigenvalue weighted by molar-refractivity contribution is 0.318. The minimum atomic E-state index is 0.103. The largest absolute Gasteiger partial charge is 0.409 e. The first-order valence-corrected chi connectivity index (χ1v) is 6.85. The fourth-order valence-corrected chi connectivity index (χ4v) is 2.13. The number of oxime groups is 1. The Bertz CT molecular complexity index is 416. The third-order valence-corrected chi connectivity index (χ3v) is 3.48. The molecule has 0 fully saturated rings. The highest BCUT2D eigenvalue weighted by Crippen LogP contribution is 2.20. The van der Waals surface area contributed by atoms with Crippen molar-refractivity contribution in [2.75, 3.05) is 18.0 Å². The van der Waals surface area contributed by atoms with Gasteiger partial charge in [-0.25, -0.2) is 4.98 Å². The summed E-state index contributed by atoms with van der Waals surface area (Å²) < 4.78 is 0. The van der Waals surface area contributed by atoms with Crippen LogP contribution in [-0.4, -0.2) is 29.1 Å². The molecule has 0 spiro atoms. The van der Waals surface area contributed by atoms with Gasteiger partial charge in [0, 0.05) is 19.3 Å². The molecule has 1 heterocycles. The fourth-order valence-electron chi connectivity index (χ4n) is 2.13. The van der Waals surface area contributed by atoms with Gasteiger partial charge < -0.3 is 15.8 Å². The van der Waals surface area contributed by atoms with Crippen molar-refractivity contribution in [3.63, 3.8) is 0 Å². The smallest absolute Gasteiger partial charge is 0.173 e. The van der Waals surface area contributed by atoms with Crippen LogP contribution in [0.1, 0.15) is 39.2 Å². The number of hydrogen-bond acceptors (Lipinski definition) is 4. The SMILES string of the molecule is CCC(CC)CN(CC)c1ncccc1C(N)=NO. The van der Waals surface area contributed by atoms with Gasteiger partial charge in [-0.1, -0.05) is 31.8 Å². The number of aromatic nitrogens is 1. The highest BCUT2D eigenvalue weighted by molar-refractivity contribution is 6.01. The van der Waals surface area contributed by atoms with E-state index in [1.165, 1.54) is 0 Å². The number of amidine groups is 1. The maximum absolute atomic E-state index is 8.86. The minimum absolute atomic E-state index is 0.103. The molecule has 0 saturated heterocycles. The van der Waals surface area contributed by atoms with Gasteiger partial charge >= 0.3 is 0 Å². The van der Waals surface area contributed by atoms with E-state index in [1.54, 1.807) is 12.3 Å². The van der Waals surface area contributed by atoms with Gasteiger partial charge in [-0.3, -0.25) is 0 Å². The molecule has 0 saturated carbocycles. The maximum atomic E-state index is 8.86. The summed E-state index contributed by atoms with van der Waals surface area (Å²) in [5, 5.41) is 11.9. The van der Waals surface area contributed by atoms with Crippen molar-refractivity contribution in [2.24, 2.45) is 16.8 Å². The molecule has 5 heteroatoms. The topological polar surface area (TPSA) is 74.7 Å². The zero-order valence-electron chi connectivity index (χ0n) is 12.0. The summed E-state index contributed by atoms with van der Waals surface area (Å²) in [4.78, 5) is 6.58. The first-order valence-electron chi connectivity index (χ1n) is 6.85. The number of nitrogens with zero attached hydrogens (tertiary/aromatic N) is 3. The van der Waals surface area contributed by atoms with Crippen molar-refractivity contribution >= 4 is 11.7 Å². The van der Waals surface area contributed by atoms with Crippen LogP contribution >= 0.6 is 0 Å². The minimum Gasteiger partial charge on any atom is -0.409 e. The van der Waals surface area contributed by atoms with Crippen molar-refractivity contribution < 1.29 is 5.21 Å². The Kier molecular flexibility index (Phi) is 6.12. The van der Waals surface area contributed by atoms with Crippen LogP contribution in [0.25, 0.3) is 0 Å². The van der Waals surface area contributed by atoms with Crippen LogP contribution in [0.3, 0.4) is 0 Å². The summed E-state index contributed by atoms with van der Waals surface area (Å²) >= 11 is 0.